The van der Waals surface area contributed by atoms with E-state index in [1.807, 2.05) is 18.2 Å². The lowest BCUT2D eigenvalue weighted by molar-refractivity contribution is -0.106. The molecule has 0 saturated heterocycles. The van der Waals surface area contributed by atoms with Gasteiger partial charge < -0.3 is 10.8 Å². The minimum atomic E-state index is 0.237. The highest BCUT2D eigenvalue weighted by Crippen LogP contribution is 2.18. The summed E-state index contributed by atoms with van der Waals surface area (Å²) < 4.78 is 0. The predicted octanol–water partition coefficient (Wildman–Crippen LogP) is 1.68. The maximum Gasteiger partial charge on any atom is 0.204 e. The van der Waals surface area contributed by atoms with Gasteiger partial charge in [0.2, 0.25) is 6.41 Å². The Bertz CT molecular complexity index is 509. The first kappa shape index (κ1) is 11.7. The first-order valence-corrected chi connectivity index (χ1v) is 4.59. The molecular weight excluding hydrogens is 204 g/mol. The number of aromatic nitrogens is 1. The Morgan fingerprint density at radius 1 is 1.31 bits per heavy atom. The van der Waals surface area contributed by atoms with Crippen molar-refractivity contribution >= 4 is 23.4 Å². The molecule has 0 aliphatic rings. The minimum Gasteiger partial charge on any atom is -0.508 e. The number of nitrogens with zero attached hydrogens (tertiary/aromatic N) is 1. The molecule has 0 aliphatic carbocycles. The fourth-order valence-electron chi connectivity index (χ4n) is 1.24. The van der Waals surface area contributed by atoms with Crippen LogP contribution in [0.4, 0.5) is 0 Å². The summed E-state index contributed by atoms with van der Waals surface area (Å²) in [5.41, 5.74) is 5.77. The lowest BCUT2D eigenvalue weighted by atomic mass is 10.2. The molecule has 0 fully saturated rings. The molecule has 4 heteroatoms. The molecule has 1 aromatic carbocycles. The molecule has 82 valence electrons. The summed E-state index contributed by atoms with van der Waals surface area (Å²) in [5.74, 6) is 0.237. The Labute approximate surface area is 93.0 Å². The molecule has 16 heavy (non-hydrogen) atoms. The summed E-state index contributed by atoms with van der Waals surface area (Å²) >= 11 is 0. The van der Waals surface area contributed by atoms with Crippen LogP contribution in [0, 0.1) is 0 Å². The van der Waals surface area contributed by atoms with Gasteiger partial charge in [-0.25, -0.2) is 4.98 Å². The molecule has 0 bridgehead atoms. The number of hydrogen-bond acceptors (Lipinski definition) is 3. The van der Waals surface area contributed by atoms with Crippen LogP contribution >= 0.6 is 0 Å². The molecule has 2 aromatic rings. The zero-order chi connectivity index (χ0) is 12.0. The summed E-state index contributed by atoms with van der Waals surface area (Å²) in [6.45, 7) is 3.64. The van der Waals surface area contributed by atoms with Crippen molar-refractivity contribution in [3.05, 3.63) is 42.6 Å². The van der Waals surface area contributed by atoms with Gasteiger partial charge in [-0.1, -0.05) is 12.6 Å². The number of nitrogens with two attached hydrogens (primary N) is 1. The third-order valence-corrected chi connectivity index (χ3v) is 1.91. The maximum absolute atomic E-state index is 9.23. The molecule has 1 amide bonds. The molecule has 0 atom stereocenters. The van der Waals surface area contributed by atoms with Crippen molar-refractivity contribution < 1.29 is 9.90 Å². The molecule has 1 heterocycles. The Morgan fingerprint density at radius 2 is 1.94 bits per heavy atom. The highest BCUT2D eigenvalue weighted by atomic mass is 16.3. The Balaban J connectivity index is 0.000000386. The third-order valence-electron chi connectivity index (χ3n) is 1.91. The van der Waals surface area contributed by atoms with E-state index >= 15 is 0 Å². The van der Waals surface area contributed by atoms with Gasteiger partial charge in [0.05, 0.1) is 11.2 Å². The van der Waals surface area contributed by atoms with Crippen molar-refractivity contribution in [3.8, 4) is 5.75 Å². The van der Waals surface area contributed by atoms with Crippen LogP contribution in [0.25, 0.3) is 17.0 Å². The van der Waals surface area contributed by atoms with Crippen molar-refractivity contribution in [1.29, 1.82) is 0 Å². The number of phenolic OH excluding ortho intramolecular Hbond substituents is 1. The molecule has 4 nitrogen and oxygen atoms in total. The third kappa shape index (κ3) is 2.81. The van der Waals surface area contributed by atoms with Crippen molar-refractivity contribution in [1.82, 2.24) is 4.98 Å². The van der Waals surface area contributed by atoms with Gasteiger partial charge in [0.25, 0.3) is 0 Å². The van der Waals surface area contributed by atoms with E-state index in [0.717, 1.165) is 16.6 Å². The summed E-state index contributed by atoms with van der Waals surface area (Å²) in [6.07, 6.45) is 1.93. The molecule has 2 rings (SSSR count). The molecule has 0 aliphatic heterocycles. The van der Waals surface area contributed by atoms with Gasteiger partial charge in [0, 0.05) is 11.5 Å². The topological polar surface area (TPSA) is 76.2 Å². The molecule has 0 unspecified atom stereocenters. The summed E-state index contributed by atoms with van der Waals surface area (Å²) in [4.78, 5) is 12.9. The standard InChI is InChI=1S/C11H9NO.CH3NO/c1-2-9-5-3-8-4-6-10(13)7-11(8)12-9;2-1-3/h2-7,13H,1H2;1H,(H2,2,3). The van der Waals surface area contributed by atoms with Gasteiger partial charge in [-0.2, -0.15) is 0 Å². The molecule has 3 N–H and O–H groups in total. The normalized spacial score (nSPS) is 9.00. The van der Waals surface area contributed by atoms with Gasteiger partial charge in [-0.3, -0.25) is 4.79 Å². The fraction of sp³-hybridized carbons (Fsp3) is 0. The van der Waals surface area contributed by atoms with Crippen molar-refractivity contribution in [2.75, 3.05) is 0 Å². The number of amides is 1. The number of benzene rings is 1. The lowest BCUT2D eigenvalue weighted by Crippen LogP contribution is -1.82. The van der Waals surface area contributed by atoms with Gasteiger partial charge in [-0.05, 0) is 24.3 Å². The number of pyridine rings is 1. The number of hydrogen-bond donors (Lipinski definition) is 2. The minimum absolute atomic E-state index is 0.237. The zero-order valence-electron chi connectivity index (χ0n) is 8.63. The van der Waals surface area contributed by atoms with Gasteiger partial charge in [0.15, 0.2) is 0 Å². The van der Waals surface area contributed by atoms with Crippen LogP contribution in [0.2, 0.25) is 0 Å². The largest absolute Gasteiger partial charge is 0.508 e. The molecular formula is C12H12N2O2. The Kier molecular flexibility index (Phi) is 4.03. The Hall–Kier alpha value is -2.36. The van der Waals surface area contributed by atoms with Crippen LogP contribution in [0.3, 0.4) is 0 Å². The van der Waals surface area contributed by atoms with Crippen LogP contribution < -0.4 is 5.73 Å². The van der Waals surface area contributed by atoms with E-state index in [1.54, 1.807) is 18.2 Å². The van der Waals surface area contributed by atoms with Gasteiger partial charge in [-0.15, -0.1) is 0 Å². The van der Waals surface area contributed by atoms with Crippen molar-refractivity contribution in [2.45, 2.75) is 0 Å². The lowest BCUT2D eigenvalue weighted by Gasteiger charge is -1.98. The quantitative estimate of drug-likeness (QED) is 0.712. The second-order valence-corrected chi connectivity index (χ2v) is 2.95. The van der Waals surface area contributed by atoms with E-state index in [9.17, 15) is 5.11 Å². The predicted molar refractivity (Wildman–Crippen MR) is 63.8 cm³/mol. The first-order valence-electron chi connectivity index (χ1n) is 4.59. The van der Waals surface area contributed by atoms with Crippen LogP contribution in [-0.4, -0.2) is 16.5 Å². The van der Waals surface area contributed by atoms with Crippen LogP contribution in [0.5, 0.6) is 5.75 Å². The maximum atomic E-state index is 9.23. The number of phenols is 1. The average Bonchev–Trinajstić information content (AvgIpc) is 2.29. The van der Waals surface area contributed by atoms with Gasteiger partial charge >= 0.3 is 0 Å². The zero-order valence-corrected chi connectivity index (χ0v) is 8.63. The average molecular weight is 216 g/mol. The number of primary amides is 1. The summed E-state index contributed by atoms with van der Waals surface area (Å²) in [7, 11) is 0. The van der Waals surface area contributed by atoms with Crippen molar-refractivity contribution in [2.24, 2.45) is 5.73 Å². The number of rotatable bonds is 1. The first-order chi connectivity index (χ1) is 7.71. The molecule has 0 radical (unpaired) electrons. The van der Waals surface area contributed by atoms with Crippen LogP contribution in [0.1, 0.15) is 5.69 Å². The van der Waals surface area contributed by atoms with E-state index in [4.69, 9.17) is 4.79 Å². The Morgan fingerprint density at radius 3 is 2.56 bits per heavy atom. The van der Waals surface area contributed by atoms with E-state index < -0.39 is 0 Å². The van der Waals surface area contributed by atoms with Crippen LogP contribution in [-0.2, 0) is 4.79 Å². The summed E-state index contributed by atoms with van der Waals surface area (Å²) in [5, 5.41) is 10.2. The number of carbonyl (C=O) groups excluding carboxylic acids is 1. The highest BCUT2D eigenvalue weighted by molar-refractivity contribution is 5.80. The van der Waals surface area contributed by atoms with E-state index in [2.05, 4.69) is 17.3 Å². The van der Waals surface area contributed by atoms with Crippen molar-refractivity contribution in [3.63, 3.8) is 0 Å². The smallest absolute Gasteiger partial charge is 0.204 e. The van der Waals surface area contributed by atoms with E-state index in [-0.39, 0.29) is 12.2 Å². The molecule has 0 spiro atoms. The van der Waals surface area contributed by atoms with Gasteiger partial charge in [0.1, 0.15) is 5.75 Å². The number of fused-ring (bicyclic) bond motifs is 1. The SMILES string of the molecule is C=Cc1ccc2ccc(O)cc2n1.NC=O. The summed E-state index contributed by atoms with van der Waals surface area (Å²) in [6, 6.07) is 8.98. The number of aromatic hydroxyl groups is 1. The fourth-order valence-corrected chi connectivity index (χ4v) is 1.24. The van der Waals surface area contributed by atoms with E-state index in [1.165, 1.54) is 0 Å². The molecule has 1 aromatic heterocycles. The second-order valence-electron chi connectivity index (χ2n) is 2.95. The monoisotopic (exact) mass is 216 g/mol. The van der Waals surface area contributed by atoms with Crippen LogP contribution in [0.15, 0.2) is 36.9 Å². The highest BCUT2D eigenvalue weighted by Gasteiger charge is 1.96. The van der Waals surface area contributed by atoms with E-state index in [0.29, 0.717) is 0 Å². The second kappa shape index (κ2) is 5.50. The molecule has 0 saturated carbocycles. The number of carbonyl (C=O) groups is 1.